The highest BCUT2D eigenvalue weighted by atomic mass is 16.3. The maximum absolute atomic E-state index is 10.4. The van der Waals surface area contributed by atoms with E-state index in [0.717, 1.165) is 43.8 Å². The predicted molar refractivity (Wildman–Crippen MR) is 98.3 cm³/mol. The van der Waals surface area contributed by atoms with E-state index in [4.69, 9.17) is 4.42 Å². The molecule has 0 fully saturated rings. The third-order valence-corrected chi connectivity index (χ3v) is 4.56. The fourth-order valence-corrected chi connectivity index (χ4v) is 3.47. The maximum atomic E-state index is 10.4. The van der Waals surface area contributed by atoms with E-state index in [0.29, 0.717) is 0 Å². The second kappa shape index (κ2) is 4.87. The van der Waals surface area contributed by atoms with Gasteiger partial charge in [-0.15, -0.1) is 0 Å². The van der Waals surface area contributed by atoms with Gasteiger partial charge >= 0.3 is 0 Å². The van der Waals surface area contributed by atoms with Crippen molar-refractivity contribution in [1.29, 1.82) is 0 Å². The minimum atomic E-state index is 0.277. The lowest BCUT2D eigenvalue weighted by Crippen LogP contribution is -1.83. The normalized spacial score (nSPS) is 11.5. The molecule has 5 aromatic rings. The van der Waals surface area contributed by atoms with E-state index in [1.807, 2.05) is 48.5 Å². The van der Waals surface area contributed by atoms with Crippen molar-refractivity contribution in [2.24, 2.45) is 0 Å². The average molecular weight is 310 g/mol. The van der Waals surface area contributed by atoms with Crippen LogP contribution in [0.3, 0.4) is 0 Å². The lowest BCUT2D eigenvalue weighted by Gasteiger charge is -2.09. The predicted octanol–water partition coefficient (Wildman–Crippen LogP) is 6.11. The Morgan fingerprint density at radius 2 is 1.38 bits per heavy atom. The van der Waals surface area contributed by atoms with Gasteiger partial charge in [-0.05, 0) is 29.1 Å². The Hall–Kier alpha value is -3.26. The zero-order chi connectivity index (χ0) is 16.1. The number of para-hydroxylation sites is 2. The number of phenols is 1. The molecule has 4 aromatic carbocycles. The maximum Gasteiger partial charge on any atom is 0.143 e. The van der Waals surface area contributed by atoms with Crippen LogP contribution in [-0.2, 0) is 0 Å². The number of aromatic hydroxyl groups is 1. The molecule has 1 aromatic heterocycles. The van der Waals surface area contributed by atoms with Crippen LogP contribution in [0.1, 0.15) is 0 Å². The lowest BCUT2D eigenvalue weighted by molar-refractivity contribution is 0.477. The smallest absolute Gasteiger partial charge is 0.143 e. The highest BCUT2D eigenvalue weighted by Gasteiger charge is 2.17. The Morgan fingerprint density at radius 3 is 2.25 bits per heavy atom. The number of phenolic OH excluding ortho intramolecular Hbond substituents is 1. The summed E-state index contributed by atoms with van der Waals surface area (Å²) in [6.45, 7) is 0. The molecule has 0 bridgehead atoms. The molecule has 0 aliphatic rings. The lowest BCUT2D eigenvalue weighted by atomic mass is 9.95. The molecule has 5 rings (SSSR count). The highest BCUT2D eigenvalue weighted by molar-refractivity contribution is 6.21. The standard InChI is InChI=1S/C22H14O2/c23-19-11-5-3-9-16(19)18-13-14-7-1-2-8-15(14)22-21(18)17-10-4-6-12-20(17)24-22/h1-13,23H. The molecular weight excluding hydrogens is 296 g/mol. The van der Waals surface area contributed by atoms with Gasteiger partial charge in [-0.25, -0.2) is 0 Å². The van der Waals surface area contributed by atoms with E-state index in [1.54, 1.807) is 6.07 Å². The van der Waals surface area contributed by atoms with Crippen molar-refractivity contribution < 1.29 is 9.52 Å². The second-order valence-corrected chi connectivity index (χ2v) is 5.96. The number of hydrogen-bond acceptors (Lipinski definition) is 2. The molecule has 2 heteroatoms. The van der Waals surface area contributed by atoms with Crippen LogP contribution in [0.25, 0.3) is 43.8 Å². The third kappa shape index (κ3) is 1.77. The van der Waals surface area contributed by atoms with Gasteiger partial charge in [-0.2, -0.15) is 0 Å². The average Bonchev–Trinajstić information content (AvgIpc) is 3.01. The largest absolute Gasteiger partial charge is 0.507 e. The van der Waals surface area contributed by atoms with Crippen LogP contribution in [-0.4, -0.2) is 5.11 Å². The van der Waals surface area contributed by atoms with Crippen LogP contribution >= 0.6 is 0 Å². The van der Waals surface area contributed by atoms with E-state index in [-0.39, 0.29) is 5.75 Å². The van der Waals surface area contributed by atoms with Crippen LogP contribution in [0.5, 0.6) is 5.75 Å². The summed E-state index contributed by atoms with van der Waals surface area (Å²) in [6, 6.07) is 25.8. The molecule has 0 aliphatic carbocycles. The van der Waals surface area contributed by atoms with Gasteiger partial charge in [0.25, 0.3) is 0 Å². The van der Waals surface area contributed by atoms with Gasteiger partial charge in [0.2, 0.25) is 0 Å². The fourth-order valence-electron chi connectivity index (χ4n) is 3.47. The minimum Gasteiger partial charge on any atom is -0.507 e. The second-order valence-electron chi connectivity index (χ2n) is 5.96. The summed E-state index contributed by atoms with van der Waals surface area (Å²) < 4.78 is 6.19. The van der Waals surface area contributed by atoms with Crippen LogP contribution in [0.2, 0.25) is 0 Å². The Morgan fingerprint density at radius 1 is 0.667 bits per heavy atom. The highest BCUT2D eigenvalue weighted by Crippen LogP contribution is 2.42. The first-order chi connectivity index (χ1) is 11.8. The quantitative estimate of drug-likeness (QED) is 0.405. The van der Waals surface area contributed by atoms with E-state index < -0.39 is 0 Å². The molecule has 0 radical (unpaired) electrons. The van der Waals surface area contributed by atoms with Crippen LogP contribution in [0, 0.1) is 0 Å². The minimum absolute atomic E-state index is 0.277. The van der Waals surface area contributed by atoms with Crippen molar-refractivity contribution in [3.8, 4) is 16.9 Å². The topological polar surface area (TPSA) is 33.4 Å². The van der Waals surface area contributed by atoms with Crippen molar-refractivity contribution in [2.45, 2.75) is 0 Å². The zero-order valence-electron chi connectivity index (χ0n) is 12.9. The fraction of sp³-hybridized carbons (Fsp3) is 0. The Bertz CT molecular complexity index is 1210. The first-order valence-electron chi connectivity index (χ1n) is 7.94. The van der Waals surface area contributed by atoms with Gasteiger partial charge in [-0.3, -0.25) is 0 Å². The van der Waals surface area contributed by atoms with Gasteiger partial charge in [0, 0.05) is 21.7 Å². The van der Waals surface area contributed by atoms with E-state index in [9.17, 15) is 5.11 Å². The number of rotatable bonds is 1. The monoisotopic (exact) mass is 310 g/mol. The molecule has 0 saturated heterocycles. The number of hydrogen-bond donors (Lipinski definition) is 1. The zero-order valence-corrected chi connectivity index (χ0v) is 12.9. The summed E-state index contributed by atoms with van der Waals surface area (Å²) in [5, 5.41) is 14.7. The summed E-state index contributed by atoms with van der Waals surface area (Å²) in [5.74, 6) is 0.277. The summed E-state index contributed by atoms with van der Waals surface area (Å²) in [7, 11) is 0. The van der Waals surface area contributed by atoms with Crippen LogP contribution in [0.15, 0.2) is 83.3 Å². The summed E-state index contributed by atoms with van der Waals surface area (Å²) in [4.78, 5) is 0. The van der Waals surface area contributed by atoms with Crippen molar-refractivity contribution in [1.82, 2.24) is 0 Å². The van der Waals surface area contributed by atoms with E-state index >= 15 is 0 Å². The third-order valence-electron chi connectivity index (χ3n) is 4.56. The SMILES string of the molecule is Oc1ccccc1-c1cc2ccccc2c2oc3ccccc3c12. The molecule has 0 unspecified atom stereocenters. The molecule has 2 nitrogen and oxygen atoms in total. The van der Waals surface area contributed by atoms with E-state index in [1.165, 1.54) is 0 Å². The first-order valence-corrected chi connectivity index (χ1v) is 7.94. The van der Waals surface area contributed by atoms with Gasteiger partial charge in [0.15, 0.2) is 0 Å². The van der Waals surface area contributed by atoms with Crippen molar-refractivity contribution >= 4 is 32.7 Å². The van der Waals surface area contributed by atoms with Crippen molar-refractivity contribution in [3.63, 3.8) is 0 Å². The summed E-state index contributed by atoms with van der Waals surface area (Å²) >= 11 is 0. The molecule has 0 spiro atoms. The van der Waals surface area contributed by atoms with E-state index in [2.05, 4.69) is 24.3 Å². The summed E-state index contributed by atoms with van der Waals surface area (Å²) in [5.41, 5.74) is 3.54. The van der Waals surface area contributed by atoms with Gasteiger partial charge in [0.1, 0.15) is 16.9 Å². The van der Waals surface area contributed by atoms with Gasteiger partial charge < -0.3 is 9.52 Å². The molecule has 0 aliphatic heterocycles. The van der Waals surface area contributed by atoms with Gasteiger partial charge in [0.05, 0.1) is 0 Å². The Balaban J connectivity index is 2.06. The first kappa shape index (κ1) is 13.2. The molecule has 24 heavy (non-hydrogen) atoms. The number of furan rings is 1. The molecule has 0 amide bonds. The van der Waals surface area contributed by atoms with Crippen LogP contribution < -0.4 is 0 Å². The number of benzene rings is 4. The Kier molecular flexibility index (Phi) is 2.68. The number of fused-ring (bicyclic) bond motifs is 5. The molecule has 0 atom stereocenters. The van der Waals surface area contributed by atoms with Gasteiger partial charge in [-0.1, -0.05) is 60.7 Å². The van der Waals surface area contributed by atoms with Crippen LogP contribution in [0.4, 0.5) is 0 Å². The molecule has 114 valence electrons. The summed E-state index contributed by atoms with van der Waals surface area (Å²) in [6.07, 6.45) is 0. The van der Waals surface area contributed by atoms with Crippen molar-refractivity contribution in [3.05, 3.63) is 78.9 Å². The van der Waals surface area contributed by atoms with Crippen molar-refractivity contribution in [2.75, 3.05) is 0 Å². The molecule has 0 saturated carbocycles. The Labute approximate surface area is 138 Å². The molecule has 1 N–H and O–H groups in total. The molecule has 1 heterocycles. The molecular formula is C22H14O2.